The highest BCUT2D eigenvalue weighted by Crippen LogP contribution is 2.12. The van der Waals surface area contributed by atoms with Gasteiger partial charge in [0.1, 0.15) is 29.9 Å². The first-order valence-corrected chi connectivity index (χ1v) is 11.5. The molecular formula is C23H31N7O8. The van der Waals surface area contributed by atoms with Crippen molar-refractivity contribution >= 4 is 29.6 Å². The number of primary amides is 1. The monoisotopic (exact) mass is 533 g/mol. The number of phenols is 1. The van der Waals surface area contributed by atoms with Gasteiger partial charge in [0.15, 0.2) is 0 Å². The van der Waals surface area contributed by atoms with Crippen molar-refractivity contribution in [1.82, 2.24) is 25.9 Å². The summed E-state index contributed by atoms with van der Waals surface area (Å²) < 4.78 is 0. The summed E-state index contributed by atoms with van der Waals surface area (Å²) in [5.74, 6) is -4.70. The molecule has 0 aliphatic carbocycles. The summed E-state index contributed by atoms with van der Waals surface area (Å²) >= 11 is 0. The highest BCUT2D eigenvalue weighted by molar-refractivity contribution is 5.94. The van der Waals surface area contributed by atoms with Crippen molar-refractivity contribution in [3.8, 4) is 5.75 Å². The van der Waals surface area contributed by atoms with Crippen LogP contribution >= 0.6 is 0 Å². The summed E-state index contributed by atoms with van der Waals surface area (Å²) in [6, 6.07) is 0.401. The average molecular weight is 534 g/mol. The third-order valence-corrected chi connectivity index (χ3v) is 5.45. The van der Waals surface area contributed by atoms with Crippen LogP contribution in [0, 0.1) is 0 Å². The van der Waals surface area contributed by atoms with E-state index in [0.717, 1.165) is 0 Å². The minimum Gasteiger partial charge on any atom is -0.508 e. The van der Waals surface area contributed by atoms with Crippen LogP contribution in [0.25, 0.3) is 0 Å². The number of nitrogens with two attached hydrogens (primary N) is 2. The van der Waals surface area contributed by atoms with Gasteiger partial charge >= 0.3 is 5.97 Å². The Balaban J connectivity index is 2.23. The normalized spacial score (nSPS) is 13.9. The zero-order valence-electron chi connectivity index (χ0n) is 20.3. The van der Waals surface area contributed by atoms with Crippen LogP contribution in [0.2, 0.25) is 0 Å². The van der Waals surface area contributed by atoms with E-state index in [1.165, 1.54) is 36.8 Å². The second kappa shape index (κ2) is 14.3. The maximum absolute atomic E-state index is 13.2. The van der Waals surface area contributed by atoms with Gasteiger partial charge < -0.3 is 47.7 Å². The number of aliphatic hydroxyl groups is 1. The Bertz CT molecular complexity index is 1110. The first-order valence-electron chi connectivity index (χ1n) is 11.5. The second-order valence-corrected chi connectivity index (χ2v) is 8.47. The molecule has 2 rings (SSSR count). The Labute approximate surface area is 217 Å². The van der Waals surface area contributed by atoms with Crippen molar-refractivity contribution in [2.75, 3.05) is 6.61 Å². The Morgan fingerprint density at radius 3 is 2.08 bits per heavy atom. The Kier molecular flexibility index (Phi) is 11.2. The molecular weight excluding hydrogens is 502 g/mol. The predicted molar refractivity (Wildman–Crippen MR) is 131 cm³/mol. The number of aliphatic hydroxyl groups excluding tert-OH is 1. The number of aromatic amines is 1. The predicted octanol–water partition coefficient (Wildman–Crippen LogP) is -2.98. The number of nitrogens with one attached hydrogen (secondary N) is 4. The number of carbonyl (C=O) groups excluding carboxylic acids is 4. The summed E-state index contributed by atoms with van der Waals surface area (Å²) in [6.45, 7) is -0.685. The first kappa shape index (κ1) is 29.7. The minimum absolute atomic E-state index is 0.0209. The highest BCUT2D eigenvalue weighted by Gasteiger charge is 2.31. The molecule has 0 spiro atoms. The fourth-order valence-corrected chi connectivity index (χ4v) is 3.36. The molecule has 38 heavy (non-hydrogen) atoms. The van der Waals surface area contributed by atoms with E-state index in [-0.39, 0.29) is 31.4 Å². The number of nitrogens with zero attached hydrogens (tertiary/aromatic N) is 1. The number of carbonyl (C=O) groups is 5. The number of rotatable bonds is 15. The van der Waals surface area contributed by atoms with Gasteiger partial charge in [-0.05, 0) is 24.1 Å². The molecule has 4 amide bonds. The van der Waals surface area contributed by atoms with Gasteiger partial charge in [0.2, 0.25) is 23.6 Å². The van der Waals surface area contributed by atoms with Gasteiger partial charge in [0.05, 0.1) is 12.9 Å². The molecule has 15 nitrogen and oxygen atoms in total. The van der Waals surface area contributed by atoms with Gasteiger partial charge in [0, 0.05) is 31.2 Å². The van der Waals surface area contributed by atoms with Gasteiger partial charge in [0.25, 0.3) is 0 Å². The Hall–Kier alpha value is -4.50. The summed E-state index contributed by atoms with van der Waals surface area (Å²) in [5.41, 5.74) is 11.7. The van der Waals surface area contributed by atoms with E-state index >= 15 is 0 Å². The summed E-state index contributed by atoms with van der Waals surface area (Å²) in [4.78, 5) is 68.1. The number of benzene rings is 1. The molecule has 206 valence electrons. The maximum Gasteiger partial charge on any atom is 0.326 e. The van der Waals surface area contributed by atoms with E-state index in [2.05, 4.69) is 25.9 Å². The fraction of sp³-hybridized carbons (Fsp3) is 0.391. The van der Waals surface area contributed by atoms with Crippen LogP contribution in [-0.2, 0) is 36.8 Å². The minimum atomic E-state index is -1.38. The molecule has 0 aliphatic rings. The number of phenolic OH excluding ortho intramolecular Hbond substituents is 1. The molecule has 4 unspecified atom stereocenters. The van der Waals surface area contributed by atoms with Crippen LogP contribution in [0.1, 0.15) is 24.1 Å². The average Bonchev–Trinajstić information content (AvgIpc) is 3.39. The SMILES string of the molecule is NC(=O)CCC(NC(=O)C(Cc1ccc(O)cc1)NC(=O)C(N)CO)C(=O)NC(Cc1cnc[nH]1)C(=O)O. The lowest BCUT2D eigenvalue weighted by atomic mass is 10.0. The summed E-state index contributed by atoms with van der Waals surface area (Å²) in [7, 11) is 0. The largest absolute Gasteiger partial charge is 0.508 e. The molecule has 0 fully saturated rings. The number of aromatic nitrogens is 2. The lowest BCUT2D eigenvalue weighted by molar-refractivity contribution is -0.142. The van der Waals surface area contributed by atoms with Crippen molar-refractivity contribution in [3.63, 3.8) is 0 Å². The number of carboxylic acid groups (broad SMARTS) is 1. The molecule has 1 heterocycles. The van der Waals surface area contributed by atoms with E-state index in [1.54, 1.807) is 0 Å². The summed E-state index contributed by atoms with van der Waals surface area (Å²) in [5, 5.41) is 35.4. The van der Waals surface area contributed by atoms with E-state index < -0.39 is 60.4 Å². The van der Waals surface area contributed by atoms with Crippen LogP contribution in [-0.4, -0.2) is 85.7 Å². The highest BCUT2D eigenvalue weighted by atomic mass is 16.4. The standard InChI is InChI=1S/C23H31N7O8/c24-15(10-31)20(34)29-17(7-12-1-3-14(32)4-2-12)22(36)28-16(5-6-19(25)33)21(35)30-18(23(37)38)8-13-9-26-11-27-13/h1-4,9,11,15-18,31-32H,5-8,10,24H2,(H2,25,33)(H,26,27)(H,28,36)(H,29,34)(H,30,35)(H,37,38). The quantitative estimate of drug-likeness (QED) is 0.112. The van der Waals surface area contributed by atoms with Gasteiger partial charge in [-0.3, -0.25) is 19.2 Å². The molecule has 0 aliphatic heterocycles. The van der Waals surface area contributed by atoms with Crippen LogP contribution in [0.4, 0.5) is 0 Å². The lowest BCUT2D eigenvalue weighted by Gasteiger charge is -2.25. The van der Waals surface area contributed by atoms with Gasteiger partial charge in [-0.2, -0.15) is 0 Å². The topological polar surface area (TPSA) is 263 Å². The zero-order valence-corrected chi connectivity index (χ0v) is 20.3. The van der Waals surface area contributed by atoms with Crippen molar-refractivity contribution < 1.29 is 39.3 Å². The van der Waals surface area contributed by atoms with Crippen molar-refractivity contribution in [3.05, 3.63) is 48.0 Å². The van der Waals surface area contributed by atoms with Crippen LogP contribution in [0.15, 0.2) is 36.8 Å². The number of aliphatic carboxylic acids is 1. The molecule has 2 aromatic rings. The fourth-order valence-electron chi connectivity index (χ4n) is 3.36. The molecule has 15 heteroatoms. The van der Waals surface area contributed by atoms with E-state index in [9.17, 15) is 39.3 Å². The van der Waals surface area contributed by atoms with E-state index in [0.29, 0.717) is 11.3 Å². The number of carboxylic acids is 1. The third-order valence-electron chi connectivity index (χ3n) is 5.45. The molecule has 0 saturated carbocycles. The van der Waals surface area contributed by atoms with E-state index in [4.69, 9.17) is 11.5 Å². The third kappa shape index (κ3) is 9.51. The molecule has 0 bridgehead atoms. The first-order chi connectivity index (χ1) is 18.0. The Morgan fingerprint density at radius 1 is 0.921 bits per heavy atom. The van der Waals surface area contributed by atoms with Crippen LogP contribution < -0.4 is 27.4 Å². The van der Waals surface area contributed by atoms with Crippen molar-refractivity contribution in [1.29, 1.82) is 0 Å². The number of H-pyrrole nitrogens is 1. The molecule has 0 saturated heterocycles. The van der Waals surface area contributed by atoms with Crippen molar-refractivity contribution in [2.45, 2.75) is 49.9 Å². The molecule has 0 radical (unpaired) electrons. The van der Waals surface area contributed by atoms with Gasteiger partial charge in [-0.15, -0.1) is 0 Å². The summed E-state index contributed by atoms with van der Waals surface area (Å²) in [6.07, 6.45) is 1.97. The van der Waals surface area contributed by atoms with Crippen LogP contribution in [0.5, 0.6) is 5.75 Å². The van der Waals surface area contributed by atoms with Gasteiger partial charge in [-0.25, -0.2) is 9.78 Å². The van der Waals surface area contributed by atoms with Crippen LogP contribution in [0.3, 0.4) is 0 Å². The molecule has 11 N–H and O–H groups in total. The number of amides is 4. The second-order valence-electron chi connectivity index (χ2n) is 8.47. The lowest BCUT2D eigenvalue weighted by Crippen LogP contribution is -2.58. The van der Waals surface area contributed by atoms with Crippen molar-refractivity contribution in [2.24, 2.45) is 11.5 Å². The number of aromatic hydroxyl groups is 1. The smallest absolute Gasteiger partial charge is 0.326 e. The molecule has 4 atom stereocenters. The number of hydrogen-bond acceptors (Lipinski definition) is 9. The maximum atomic E-state index is 13.2. The zero-order chi connectivity index (χ0) is 28.2. The van der Waals surface area contributed by atoms with Gasteiger partial charge in [-0.1, -0.05) is 12.1 Å². The molecule has 1 aromatic heterocycles. The Morgan fingerprint density at radius 2 is 1.53 bits per heavy atom. The molecule has 1 aromatic carbocycles. The number of hydrogen-bond donors (Lipinski definition) is 9. The van der Waals surface area contributed by atoms with E-state index in [1.807, 2.05) is 0 Å². The number of imidazole rings is 1.